The van der Waals surface area contributed by atoms with Crippen LogP contribution in [0.15, 0.2) is 170 Å². The molecule has 0 fully saturated rings. The van der Waals surface area contributed by atoms with Crippen molar-refractivity contribution in [3.63, 3.8) is 0 Å². The number of aromatic hydroxyl groups is 2. The van der Waals surface area contributed by atoms with Gasteiger partial charge in [0.25, 0.3) is 11.8 Å². The largest absolute Gasteiger partial charge is 0.507 e. The highest BCUT2D eigenvalue weighted by molar-refractivity contribution is 7.80. The molecular weight excluding hydrogens is 1650 g/mol. The molecule has 25 heteroatoms. The fourth-order valence-electron chi connectivity index (χ4n) is 16.3. The smallest absolute Gasteiger partial charge is 0.328 e. The SMILES string of the molecule is CCCCC[C@H](CC(=O)[C@@H](C)NC(=O)c1ccc(-c2ccc(CCCC)cc2)cc1)C(=O)N(C)[C@@H]1C(=O)C[C@@H](C)C(=O)N[C@H](C(=O)OC)Cc2ccc(C)c(c2)-c2cc1ccc2OC.CCCCc1ccc(-c2ccc(C(=O)N[C@H](C)C(=O)C[C@@H](CCCCN)C(=O)N(C)[C@@H]3C(=O)C[C@@H](C)C(=O)N[C@H](C(=O)O)Cc4ccc(O)c(c4)-c4cc3ccc4O)cc2)cc1.CCS. The predicted octanol–water partition coefficient (Wildman–Crippen LogP) is 16.4. The molecule has 8 bridgehead atoms. The van der Waals surface area contributed by atoms with Crippen LogP contribution in [-0.4, -0.2) is 160 Å². The summed E-state index contributed by atoms with van der Waals surface area (Å²) in [7, 11) is 5.81. The van der Waals surface area contributed by atoms with Crippen molar-refractivity contribution in [3.8, 4) is 61.8 Å². The molecule has 0 radical (unpaired) electrons. The highest BCUT2D eigenvalue weighted by atomic mass is 32.1. The monoisotopic (exact) mass is 1780 g/mol. The van der Waals surface area contributed by atoms with Crippen LogP contribution in [0.2, 0.25) is 0 Å². The summed E-state index contributed by atoms with van der Waals surface area (Å²) in [6.45, 7) is 17.0. The Morgan fingerprint density at radius 3 is 1.31 bits per heavy atom. The molecule has 0 aromatic heterocycles. The zero-order valence-corrected chi connectivity index (χ0v) is 77.7. The fraction of sp³-hybridized carbons (Fsp3) is 0.423. The number of hydrogen-bond acceptors (Lipinski definition) is 18. The average molecular weight is 1780 g/mol. The number of nitrogens with two attached hydrogens (primary N) is 1. The number of carbonyl (C=O) groups excluding carboxylic acids is 11. The minimum atomic E-state index is -1.36. The van der Waals surface area contributed by atoms with Crippen LogP contribution in [0.3, 0.4) is 0 Å². The molecule has 9 N–H and O–H groups in total. The molecular formula is C104H129N7O17S. The first kappa shape index (κ1) is 102. The summed E-state index contributed by atoms with van der Waals surface area (Å²) in [6, 6.07) is 44.3. The van der Waals surface area contributed by atoms with Gasteiger partial charge in [0.2, 0.25) is 23.6 Å². The van der Waals surface area contributed by atoms with Gasteiger partial charge in [-0.3, -0.25) is 47.9 Å². The Morgan fingerprint density at radius 1 is 0.496 bits per heavy atom. The van der Waals surface area contributed by atoms with Gasteiger partial charge in [0.05, 0.1) is 26.3 Å². The number of phenols is 2. The lowest BCUT2D eigenvalue weighted by molar-refractivity contribution is -0.146. The number of ketones is 4. The van der Waals surface area contributed by atoms with Gasteiger partial charge in [0.15, 0.2) is 23.1 Å². The number of carboxylic acids is 1. The number of methoxy groups -OCH3 is 2. The number of thiol groups is 1. The number of Topliss-reactive ketones (excluding diaryl/α,β-unsaturated/α-hetero) is 4. The number of fused-ring (bicyclic) bond motifs is 10. The number of carbonyl (C=O) groups is 12. The molecule has 0 aliphatic carbocycles. The number of phenolic OH excluding ortho intramolecular Hbond substituents is 2. The minimum absolute atomic E-state index is 0.131. The van der Waals surface area contributed by atoms with Crippen LogP contribution in [0.4, 0.5) is 0 Å². The molecule has 0 saturated heterocycles. The van der Waals surface area contributed by atoms with Crippen molar-refractivity contribution < 1.29 is 82.3 Å². The maximum Gasteiger partial charge on any atom is 0.328 e. The topological polar surface area (TPSA) is 365 Å². The second-order valence-corrected chi connectivity index (χ2v) is 34.6. The molecule has 6 amide bonds. The third-order valence-electron chi connectivity index (χ3n) is 24.0. The molecule has 0 saturated carbocycles. The number of carboxylic acid groups (broad SMARTS) is 1. The lowest BCUT2D eigenvalue weighted by atomic mass is 9.87. The van der Waals surface area contributed by atoms with E-state index in [0.29, 0.717) is 65.8 Å². The zero-order chi connectivity index (χ0) is 94.3. The molecule has 8 aromatic rings. The molecule has 24 nitrogen and oxygen atoms in total. The Morgan fingerprint density at radius 2 is 0.884 bits per heavy atom. The number of unbranched alkanes of at least 4 members (excludes halogenated alkanes) is 5. The van der Waals surface area contributed by atoms with Crippen LogP contribution in [-0.2, 0) is 78.4 Å². The van der Waals surface area contributed by atoms with Gasteiger partial charge in [-0.25, -0.2) is 9.59 Å². The number of ether oxygens (including phenoxy) is 2. The van der Waals surface area contributed by atoms with E-state index in [4.69, 9.17) is 15.2 Å². The molecule has 2 heterocycles. The number of likely N-dealkylation sites (N-methyl/N-ethyl adjacent to an activating group) is 2. The summed E-state index contributed by atoms with van der Waals surface area (Å²) in [6.07, 6.45) is 9.78. The number of aliphatic carboxylic acids is 1. The van der Waals surface area contributed by atoms with Crippen LogP contribution in [0, 0.1) is 30.6 Å². The first-order chi connectivity index (χ1) is 61.7. The van der Waals surface area contributed by atoms with Gasteiger partial charge in [-0.2, -0.15) is 12.6 Å². The summed E-state index contributed by atoms with van der Waals surface area (Å²) < 4.78 is 10.9. The minimum Gasteiger partial charge on any atom is -0.507 e. The molecule has 2 aliphatic rings. The third-order valence-corrected chi connectivity index (χ3v) is 24.0. The molecule has 0 spiro atoms. The lowest BCUT2D eigenvalue weighted by Crippen LogP contribution is -2.46. The summed E-state index contributed by atoms with van der Waals surface area (Å²) in [5.41, 5.74) is 17.8. The summed E-state index contributed by atoms with van der Waals surface area (Å²) >= 11 is 3.79. The van der Waals surface area contributed by atoms with Crippen molar-refractivity contribution in [2.45, 2.75) is 221 Å². The normalized spacial score (nSPS) is 17.1. The number of esters is 1. The van der Waals surface area contributed by atoms with E-state index in [0.717, 1.165) is 96.1 Å². The second kappa shape index (κ2) is 50.0. The first-order valence-electron chi connectivity index (χ1n) is 45.0. The van der Waals surface area contributed by atoms with Gasteiger partial charge in [0, 0.05) is 104 Å². The molecule has 688 valence electrons. The van der Waals surface area contributed by atoms with E-state index in [1.807, 2.05) is 62.4 Å². The number of hydrogen-bond donors (Lipinski definition) is 9. The van der Waals surface area contributed by atoms with E-state index in [9.17, 15) is 72.9 Å². The summed E-state index contributed by atoms with van der Waals surface area (Å²) in [5, 5.41) is 42.8. The Bertz CT molecular complexity index is 5210. The second-order valence-electron chi connectivity index (χ2n) is 34.0. The Hall–Kier alpha value is -12.1. The first-order valence-corrected chi connectivity index (χ1v) is 45.6. The lowest BCUT2D eigenvalue weighted by Gasteiger charge is -2.32. The third kappa shape index (κ3) is 28.5. The number of benzene rings is 8. The average Bonchev–Trinajstić information content (AvgIpc) is 0.791. The van der Waals surface area contributed by atoms with Crippen LogP contribution >= 0.6 is 12.6 Å². The number of nitrogens with one attached hydrogen (secondary N) is 4. The number of nitrogens with zero attached hydrogens (tertiary/aromatic N) is 2. The maximum atomic E-state index is 14.8. The number of amides is 6. The van der Waals surface area contributed by atoms with E-state index in [1.54, 1.807) is 71.3 Å². The van der Waals surface area contributed by atoms with Crippen molar-refractivity contribution in [2.75, 3.05) is 40.6 Å². The maximum absolute atomic E-state index is 14.8. The van der Waals surface area contributed by atoms with Crippen molar-refractivity contribution in [1.29, 1.82) is 0 Å². The highest BCUT2D eigenvalue weighted by Crippen LogP contribution is 2.42. The quantitative estimate of drug-likeness (QED) is 0.0105. The molecule has 129 heavy (non-hydrogen) atoms. The van der Waals surface area contributed by atoms with Gasteiger partial charge in [0.1, 0.15) is 41.4 Å². The fourth-order valence-corrected chi connectivity index (χ4v) is 16.3. The number of rotatable bonds is 33. The molecule has 0 unspecified atom stereocenters. The highest BCUT2D eigenvalue weighted by Gasteiger charge is 2.40. The standard InChI is InChI=1S/C53H65N3O8.C49H58N4O9.C2H6S/c1-9-11-13-15-42(32-46(57)35(5)54-51(60)40-24-22-39(23-25-40)38-20-18-36(19-21-38)14-12-10-2)52(61)56(6)49-41-26-27-48(63-7)44(31-41)43-29-37(17-16-33(43)3)30-45(53(62)64-8)55-50(59)34(4)28-47(49)58;1-5-6-9-31-11-14-33(15-12-31)34-16-18-35(19-17-34)47(59)51-30(3)43(56)28-37(10-7-8-23-50)48(60)53(4)45-36-20-22-42(55)39(27-36)38-25-32(13-21-41(38)54)26-40(49(61)62)52-46(58)29(2)24-44(45)57;1-2-3/h16-27,29,31,34-35,42,45,49H,9-15,28,30,32H2,1-8H3,(H,54,60)(H,55,59);11-22,25,27,29-30,37,40,45,54-55H,5-10,23-24,26,28,50H2,1-4H3,(H,51,59)(H,52,58)(H,61,62);3H,2H2,1H3/t34-,35-,42-,45+,49+;29-,30-,37-,40+,45+;/m11./s1. The van der Waals surface area contributed by atoms with Gasteiger partial charge in [-0.1, -0.05) is 189 Å². The van der Waals surface area contributed by atoms with Crippen LogP contribution in [0.25, 0.3) is 44.5 Å². The Kier molecular flexibility index (Phi) is 39.7. The van der Waals surface area contributed by atoms with Gasteiger partial charge < -0.3 is 61.6 Å². The molecule has 10 rings (SSSR count). The molecule has 2 aliphatic heterocycles. The summed E-state index contributed by atoms with van der Waals surface area (Å²) in [5.74, 6) is -9.04. The molecule has 10 atom stereocenters. The van der Waals surface area contributed by atoms with E-state index < -0.39 is 119 Å². The predicted molar refractivity (Wildman–Crippen MR) is 506 cm³/mol. The zero-order valence-electron chi connectivity index (χ0n) is 76.8. The van der Waals surface area contributed by atoms with E-state index in [2.05, 4.69) is 103 Å². The van der Waals surface area contributed by atoms with E-state index in [1.165, 1.54) is 78.4 Å². The van der Waals surface area contributed by atoms with Crippen molar-refractivity contribution in [1.82, 2.24) is 31.1 Å². The Labute approximate surface area is 764 Å². The van der Waals surface area contributed by atoms with Gasteiger partial charge in [-0.15, -0.1) is 0 Å². The van der Waals surface area contributed by atoms with Crippen molar-refractivity contribution in [2.24, 2.45) is 29.4 Å². The van der Waals surface area contributed by atoms with E-state index >= 15 is 0 Å². The molecule has 8 aromatic carbocycles. The van der Waals surface area contributed by atoms with Gasteiger partial charge in [-0.05, 0) is 205 Å². The van der Waals surface area contributed by atoms with Crippen molar-refractivity contribution in [3.05, 3.63) is 220 Å². The van der Waals surface area contributed by atoms with Crippen LogP contribution in [0.5, 0.6) is 17.2 Å². The number of aryl methyl sites for hydroxylation is 3. The van der Waals surface area contributed by atoms with Crippen molar-refractivity contribution >= 4 is 83.1 Å². The Balaban J connectivity index is 0.000000309. The van der Waals surface area contributed by atoms with Crippen LogP contribution in [0.1, 0.15) is 223 Å². The van der Waals surface area contributed by atoms with Gasteiger partial charge >= 0.3 is 11.9 Å². The van der Waals surface area contributed by atoms with Crippen LogP contribution < -0.4 is 31.7 Å². The van der Waals surface area contributed by atoms with E-state index in [-0.39, 0.29) is 84.7 Å². The summed E-state index contributed by atoms with van der Waals surface area (Å²) in [4.78, 5) is 167.